The summed E-state index contributed by atoms with van der Waals surface area (Å²) in [6.07, 6.45) is -0.488. The van der Waals surface area contributed by atoms with Crippen LogP contribution in [0.5, 0.6) is 0 Å². The first-order valence-electron chi connectivity index (χ1n) is 4.88. The third-order valence-electron chi connectivity index (χ3n) is 2.08. The second-order valence-electron chi connectivity index (χ2n) is 3.23. The van der Waals surface area contributed by atoms with Crippen molar-refractivity contribution >= 4 is 15.9 Å². The predicted octanol–water partition coefficient (Wildman–Crippen LogP) is 1.72. The number of nitrogens with one attached hydrogen (secondary N) is 1. The molecule has 1 aromatic rings. The SMILES string of the molecule is COCCNCC(O)c1ccccc1Br. The van der Waals surface area contributed by atoms with Crippen LogP contribution in [0.15, 0.2) is 28.7 Å². The molecule has 0 saturated heterocycles. The molecule has 0 fully saturated rings. The highest BCUT2D eigenvalue weighted by Crippen LogP contribution is 2.22. The van der Waals surface area contributed by atoms with E-state index < -0.39 is 6.10 Å². The van der Waals surface area contributed by atoms with Crippen molar-refractivity contribution in [2.24, 2.45) is 0 Å². The molecule has 0 spiro atoms. The molecule has 0 bridgehead atoms. The second-order valence-corrected chi connectivity index (χ2v) is 4.09. The standard InChI is InChI=1S/C11H16BrNO2/c1-15-7-6-13-8-11(14)9-4-2-3-5-10(9)12/h2-5,11,13-14H,6-8H2,1H3. The molecule has 2 N–H and O–H groups in total. The van der Waals surface area contributed by atoms with Gasteiger partial charge in [0.15, 0.2) is 0 Å². The van der Waals surface area contributed by atoms with Crippen LogP contribution >= 0.6 is 15.9 Å². The molecule has 0 heterocycles. The lowest BCUT2D eigenvalue weighted by Gasteiger charge is -2.13. The first kappa shape index (κ1) is 12.6. The molecular weight excluding hydrogens is 258 g/mol. The van der Waals surface area contributed by atoms with E-state index in [-0.39, 0.29) is 0 Å². The van der Waals surface area contributed by atoms with Gasteiger partial charge in [-0.15, -0.1) is 0 Å². The average molecular weight is 274 g/mol. The number of aliphatic hydroxyl groups is 1. The summed E-state index contributed by atoms with van der Waals surface area (Å²) in [4.78, 5) is 0. The van der Waals surface area contributed by atoms with Crippen molar-refractivity contribution in [3.63, 3.8) is 0 Å². The van der Waals surface area contributed by atoms with Crippen molar-refractivity contribution in [1.29, 1.82) is 0 Å². The van der Waals surface area contributed by atoms with Gasteiger partial charge in [-0.3, -0.25) is 0 Å². The molecule has 0 aliphatic rings. The number of ether oxygens (including phenoxy) is 1. The van der Waals surface area contributed by atoms with E-state index in [0.29, 0.717) is 13.2 Å². The molecular formula is C11H16BrNO2. The fourth-order valence-corrected chi connectivity index (χ4v) is 1.82. The Labute approximate surface area is 98.6 Å². The molecule has 1 aromatic carbocycles. The maximum atomic E-state index is 9.87. The van der Waals surface area contributed by atoms with Crippen LogP contribution in [-0.4, -0.2) is 31.9 Å². The molecule has 0 aliphatic heterocycles. The van der Waals surface area contributed by atoms with E-state index in [1.54, 1.807) is 7.11 Å². The van der Waals surface area contributed by atoms with E-state index in [1.807, 2.05) is 24.3 Å². The lowest BCUT2D eigenvalue weighted by molar-refractivity contribution is 0.161. The summed E-state index contributed by atoms with van der Waals surface area (Å²) in [6, 6.07) is 7.68. The highest BCUT2D eigenvalue weighted by molar-refractivity contribution is 9.10. The smallest absolute Gasteiger partial charge is 0.0925 e. The van der Waals surface area contributed by atoms with Gasteiger partial charge in [-0.1, -0.05) is 34.1 Å². The van der Waals surface area contributed by atoms with Crippen molar-refractivity contribution in [3.05, 3.63) is 34.3 Å². The first-order chi connectivity index (χ1) is 7.25. The number of benzene rings is 1. The Balaban J connectivity index is 2.40. The Morgan fingerprint density at radius 1 is 1.47 bits per heavy atom. The summed E-state index contributed by atoms with van der Waals surface area (Å²) < 4.78 is 5.84. The summed E-state index contributed by atoms with van der Waals surface area (Å²) in [5.74, 6) is 0. The van der Waals surface area contributed by atoms with E-state index in [9.17, 15) is 5.11 Å². The first-order valence-corrected chi connectivity index (χ1v) is 5.67. The van der Waals surface area contributed by atoms with Gasteiger partial charge in [0.2, 0.25) is 0 Å². The summed E-state index contributed by atoms with van der Waals surface area (Å²) in [6.45, 7) is 1.94. The van der Waals surface area contributed by atoms with Gasteiger partial charge in [0.1, 0.15) is 0 Å². The zero-order valence-corrected chi connectivity index (χ0v) is 10.3. The summed E-state index contributed by atoms with van der Waals surface area (Å²) >= 11 is 3.41. The fraction of sp³-hybridized carbons (Fsp3) is 0.455. The van der Waals surface area contributed by atoms with E-state index in [4.69, 9.17) is 4.74 Å². The molecule has 1 atom stereocenters. The number of halogens is 1. The Morgan fingerprint density at radius 3 is 2.87 bits per heavy atom. The van der Waals surface area contributed by atoms with Crippen LogP contribution in [-0.2, 0) is 4.74 Å². The molecule has 1 rings (SSSR count). The Kier molecular flexibility index (Phi) is 5.86. The van der Waals surface area contributed by atoms with E-state index in [0.717, 1.165) is 16.6 Å². The number of hydrogen-bond donors (Lipinski definition) is 2. The van der Waals surface area contributed by atoms with Gasteiger partial charge in [-0.05, 0) is 11.6 Å². The van der Waals surface area contributed by atoms with Crippen LogP contribution < -0.4 is 5.32 Å². The Bertz CT molecular complexity index is 294. The number of rotatable bonds is 6. The molecule has 0 aromatic heterocycles. The lowest BCUT2D eigenvalue weighted by Crippen LogP contribution is -2.25. The lowest BCUT2D eigenvalue weighted by atomic mass is 10.1. The molecule has 0 aliphatic carbocycles. The fourth-order valence-electron chi connectivity index (χ4n) is 1.27. The van der Waals surface area contributed by atoms with Crippen LogP contribution in [0.2, 0.25) is 0 Å². The van der Waals surface area contributed by atoms with Crippen LogP contribution in [0.4, 0.5) is 0 Å². The van der Waals surface area contributed by atoms with E-state index in [2.05, 4.69) is 21.2 Å². The maximum absolute atomic E-state index is 9.87. The zero-order chi connectivity index (χ0) is 11.1. The molecule has 15 heavy (non-hydrogen) atoms. The summed E-state index contributed by atoms with van der Waals surface area (Å²) in [5.41, 5.74) is 0.905. The van der Waals surface area contributed by atoms with Crippen molar-refractivity contribution in [2.75, 3.05) is 26.8 Å². The summed E-state index contributed by atoms with van der Waals surface area (Å²) in [5, 5.41) is 13.0. The zero-order valence-electron chi connectivity index (χ0n) is 8.74. The minimum Gasteiger partial charge on any atom is -0.387 e. The highest BCUT2D eigenvalue weighted by atomic mass is 79.9. The van der Waals surface area contributed by atoms with Gasteiger partial charge < -0.3 is 15.2 Å². The largest absolute Gasteiger partial charge is 0.387 e. The van der Waals surface area contributed by atoms with Crippen LogP contribution in [0, 0.1) is 0 Å². The topological polar surface area (TPSA) is 41.5 Å². The number of aliphatic hydroxyl groups excluding tert-OH is 1. The third kappa shape index (κ3) is 4.30. The third-order valence-corrected chi connectivity index (χ3v) is 2.81. The van der Waals surface area contributed by atoms with Crippen LogP contribution in [0.25, 0.3) is 0 Å². The molecule has 0 radical (unpaired) electrons. The van der Waals surface area contributed by atoms with Crippen LogP contribution in [0.3, 0.4) is 0 Å². The molecule has 1 unspecified atom stereocenters. The second kappa shape index (κ2) is 6.95. The highest BCUT2D eigenvalue weighted by Gasteiger charge is 2.09. The number of methoxy groups -OCH3 is 1. The molecule has 3 nitrogen and oxygen atoms in total. The van der Waals surface area contributed by atoms with E-state index in [1.165, 1.54) is 0 Å². The monoisotopic (exact) mass is 273 g/mol. The quantitative estimate of drug-likeness (QED) is 0.776. The Morgan fingerprint density at radius 2 is 2.20 bits per heavy atom. The van der Waals surface area contributed by atoms with Gasteiger partial charge in [-0.2, -0.15) is 0 Å². The predicted molar refractivity (Wildman–Crippen MR) is 63.8 cm³/mol. The van der Waals surface area contributed by atoms with Gasteiger partial charge in [0.05, 0.1) is 12.7 Å². The average Bonchev–Trinajstić information content (AvgIpc) is 2.25. The normalized spacial score (nSPS) is 12.7. The number of hydrogen-bond acceptors (Lipinski definition) is 3. The summed E-state index contributed by atoms with van der Waals surface area (Å²) in [7, 11) is 1.66. The molecule has 4 heteroatoms. The minimum atomic E-state index is -0.488. The van der Waals surface area contributed by atoms with Gasteiger partial charge >= 0.3 is 0 Å². The van der Waals surface area contributed by atoms with E-state index >= 15 is 0 Å². The van der Waals surface area contributed by atoms with Crippen molar-refractivity contribution in [2.45, 2.75) is 6.10 Å². The minimum absolute atomic E-state index is 0.488. The molecule has 0 saturated carbocycles. The van der Waals surface area contributed by atoms with Gasteiger partial charge in [0, 0.05) is 24.7 Å². The Hall–Kier alpha value is -0.420. The molecule has 0 amide bonds. The molecule has 84 valence electrons. The van der Waals surface area contributed by atoms with Crippen LogP contribution in [0.1, 0.15) is 11.7 Å². The van der Waals surface area contributed by atoms with Crippen molar-refractivity contribution in [1.82, 2.24) is 5.32 Å². The van der Waals surface area contributed by atoms with Gasteiger partial charge in [-0.25, -0.2) is 0 Å². The maximum Gasteiger partial charge on any atom is 0.0925 e. The van der Waals surface area contributed by atoms with Crippen molar-refractivity contribution in [3.8, 4) is 0 Å². The van der Waals surface area contributed by atoms with Gasteiger partial charge in [0.25, 0.3) is 0 Å². The van der Waals surface area contributed by atoms with Crippen molar-refractivity contribution < 1.29 is 9.84 Å².